The van der Waals surface area contributed by atoms with Crippen LogP contribution in [0.5, 0.6) is 5.75 Å². The lowest BCUT2D eigenvalue weighted by molar-refractivity contribution is -0.142. The van der Waals surface area contributed by atoms with Crippen molar-refractivity contribution in [2.75, 3.05) is 44.8 Å². The van der Waals surface area contributed by atoms with Crippen molar-refractivity contribution in [1.82, 2.24) is 9.80 Å². The summed E-state index contributed by atoms with van der Waals surface area (Å²) in [5.41, 5.74) is 0.621. The average molecular weight is 350 g/mol. The van der Waals surface area contributed by atoms with E-state index < -0.39 is 6.10 Å². The van der Waals surface area contributed by atoms with Gasteiger partial charge in [0.05, 0.1) is 7.11 Å². The second-order valence-electron chi connectivity index (χ2n) is 6.38. The smallest absolute Gasteiger partial charge is 0.256 e. The van der Waals surface area contributed by atoms with Crippen LogP contribution in [0, 0.1) is 0 Å². The third-order valence-corrected chi connectivity index (χ3v) is 5.95. The summed E-state index contributed by atoms with van der Waals surface area (Å²) in [5.74, 6) is 2.97. The molecule has 5 nitrogen and oxygen atoms in total. The number of likely N-dealkylation sites (tertiary alicyclic amines) is 1. The van der Waals surface area contributed by atoms with Crippen LogP contribution in [-0.2, 0) is 4.79 Å². The van der Waals surface area contributed by atoms with E-state index in [2.05, 4.69) is 4.90 Å². The highest BCUT2D eigenvalue weighted by Gasteiger charge is 2.30. The first-order valence-corrected chi connectivity index (χ1v) is 9.77. The van der Waals surface area contributed by atoms with E-state index in [1.54, 1.807) is 31.4 Å². The van der Waals surface area contributed by atoms with Crippen LogP contribution in [0.15, 0.2) is 24.3 Å². The Morgan fingerprint density at radius 1 is 1.17 bits per heavy atom. The fraction of sp³-hybridized carbons (Fsp3) is 0.611. The Morgan fingerprint density at radius 2 is 1.79 bits per heavy atom. The summed E-state index contributed by atoms with van der Waals surface area (Å²) in [7, 11) is 1.60. The second-order valence-corrected chi connectivity index (χ2v) is 7.61. The van der Waals surface area contributed by atoms with Gasteiger partial charge in [0.25, 0.3) is 5.91 Å². The van der Waals surface area contributed by atoms with E-state index in [9.17, 15) is 9.90 Å². The normalized spacial score (nSPS) is 21.5. The monoisotopic (exact) mass is 350 g/mol. The number of carbonyl (C=O) groups is 1. The summed E-state index contributed by atoms with van der Waals surface area (Å²) in [5, 5.41) is 10.4. The number of methoxy groups -OCH3 is 1. The first kappa shape index (κ1) is 17.6. The minimum Gasteiger partial charge on any atom is -0.497 e. The number of ether oxygens (including phenoxy) is 1. The van der Waals surface area contributed by atoms with Crippen LogP contribution >= 0.6 is 11.8 Å². The number of aliphatic hydroxyl groups excluding tert-OH is 1. The van der Waals surface area contributed by atoms with Crippen molar-refractivity contribution in [3.05, 3.63) is 29.8 Å². The third kappa shape index (κ3) is 4.05. The minimum absolute atomic E-state index is 0.187. The van der Waals surface area contributed by atoms with Gasteiger partial charge in [-0.3, -0.25) is 9.69 Å². The maximum Gasteiger partial charge on any atom is 0.256 e. The van der Waals surface area contributed by atoms with Crippen molar-refractivity contribution < 1.29 is 14.6 Å². The zero-order valence-electron chi connectivity index (χ0n) is 14.2. The van der Waals surface area contributed by atoms with E-state index in [0.29, 0.717) is 11.6 Å². The van der Waals surface area contributed by atoms with Crippen LogP contribution < -0.4 is 4.74 Å². The quantitative estimate of drug-likeness (QED) is 0.897. The van der Waals surface area contributed by atoms with Crippen LogP contribution in [0.25, 0.3) is 0 Å². The number of carbonyl (C=O) groups excluding carboxylic acids is 1. The Balaban J connectivity index is 1.53. The van der Waals surface area contributed by atoms with Gasteiger partial charge in [0, 0.05) is 43.7 Å². The Hall–Kier alpha value is -1.24. The number of thioether (sulfide) groups is 1. The molecule has 3 rings (SSSR count). The van der Waals surface area contributed by atoms with Crippen LogP contribution in [0.2, 0.25) is 0 Å². The maximum absolute atomic E-state index is 12.6. The minimum atomic E-state index is -1.08. The lowest BCUT2D eigenvalue weighted by Crippen LogP contribution is -2.49. The van der Waals surface area contributed by atoms with E-state index in [1.807, 2.05) is 16.7 Å². The zero-order chi connectivity index (χ0) is 16.9. The largest absolute Gasteiger partial charge is 0.497 e. The fourth-order valence-corrected chi connectivity index (χ4v) is 4.43. The number of hydrogen-bond acceptors (Lipinski definition) is 5. The van der Waals surface area contributed by atoms with Crippen molar-refractivity contribution in [3.8, 4) is 5.75 Å². The Labute approximate surface area is 148 Å². The molecule has 0 bridgehead atoms. The molecule has 2 heterocycles. The number of nitrogens with zero attached hydrogens (tertiary/aromatic N) is 2. The first-order chi connectivity index (χ1) is 11.7. The molecule has 0 radical (unpaired) electrons. The molecule has 0 aliphatic carbocycles. The fourth-order valence-electron chi connectivity index (χ4n) is 3.50. The Morgan fingerprint density at radius 3 is 2.38 bits per heavy atom. The van der Waals surface area contributed by atoms with Crippen molar-refractivity contribution in [1.29, 1.82) is 0 Å². The highest BCUT2D eigenvalue weighted by Crippen LogP contribution is 2.24. The van der Waals surface area contributed by atoms with Gasteiger partial charge in [-0.05, 0) is 30.5 Å². The zero-order valence-corrected chi connectivity index (χ0v) is 15.0. The van der Waals surface area contributed by atoms with Gasteiger partial charge in [0.1, 0.15) is 5.75 Å². The van der Waals surface area contributed by atoms with Gasteiger partial charge in [0.15, 0.2) is 6.10 Å². The van der Waals surface area contributed by atoms with Crippen LogP contribution in [-0.4, -0.2) is 71.6 Å². The summed E-state index contributed by atoms with van der Waals surface area (Å²) >= 11 is 2.02. The molecule has 2 fully saturated rings. The van der Waals surface area contributed by atoms with Gasteiger partial charge < -0.3 is 14.7 Å². The van der Waals surface area contributed by atoms with Gasteiger partial charge in [-0.2, -0.15) is 11.8 Å². The number of hydrogen-bond donors (Lipinski definition) is 1. The van der Waals surface area contributed by atoms with E-state index in [0.717, 1.165) is 44.8 Å². The SMILES string of the molecule is COc1ccc([C@H](O)C(=O)N2CCC(N3CCSCC3)CC2)cc1. The number of rotatable bonds is 4. The van der Waals surface area contributed by atoms with Crippen LogP contribution in [0.3, 0.4) is 0 Å². The van der Waals surface area contributed by atoms with Crippen molar-refractivity contribution in [3.63, 3.8) is 0 Å². The third-order valence-electron chi connectivity index (χ3n) is 5.00. The van der Waals surface area contributed by atoms with E-state index in [1.165, 1.54) is 11.5 Å². The number of benzene rings is 1. The molecule has 1 amide bonds. The molecule has 0 saturated carbocycles. The van der Waals surface area contributed by atoms with Crippen molar-refractivity contribution in [2.24, 2.45) is 0 Å². The van der Waals surface area contributed by atoms with Gasteiger partial charge in [-0.25, -0.2) is 0 Å². The molecule has 132 valence electrons. The maximum atomic E-state index is 12.6. The lowest BCUT2D eigenvalue weighted by Gasteiger charge is -2.40. The first-order valence-electron chi connectivity index (χ1n) is 8.61. The molecule has 6 heteroatoms. The molecule has 24 heavy (non-hydrogen) atoms. The van der Waals surface area contributed by atoms with Crippen LogP contribution in [0.1, 0.15) is 24.5 Å². The molecule has 2 aliphatic rings. The molecule has 1 atom stereocenters. The summed E-state index contributed by atoms with van der Waals surface area (Å²) in [6.07, 6.45) is 0.927. The van der Waals surface area contributed by atoms with Gasteiger partial charge in [0.2, 0.25) is 0 Å². The number of piperidine rings is 1. The highest BCUT2D eigenvalue weighted by atomic mass is 32.2. The molecular weight excluding hydrogens is 324 g/mol. The predicted molar refractivity (Wildman–Crippen MR) is 96.5 cm³/mol. The topological polar surface area (TPSA) is 53.0 Å². The van der Waals surface area contributed by atoms with Crippen LogP contribution in [0.4, 0.5) is 0 Å². The standard InChI is InChI=1S/C18H26N2O3S/c1-23-16-4-2-14(3-5-16)17(21)18(22)20-8-6-15(7-9-20)19-10-12-24-13-11-19/h2-5,15,17,21H,6-13H2,1H3/t17-/m0/s1. The average Bonchev–Trinajstić information content (AvgIpc) is 2.68. The number of amides is 1. The van der Waals surface area contributed by atoms with Gasteiger partial charge in [-0.1, -0.05) is 12.1 Å². The van der Waals surface area contributed by atoms with Gasteiger partial charge in [-0.15, -0.1) is 0 Å². The molecule has 1 aromatic rings. The molecule has 1 N–H and O–H groups in total. The van der Waals surface area contributed by atoms with Crippen molar-refractivity contribution >= 4 is 17.7 Å². The summed E-state index contributed by atoms with van der Waals surface area (Å²) in [6.45, 7) is 3.80. The Kier molecular flexibility index (Phi) is 6.03. The summed E-state index contributed by atoms with van der Waals surface area (Å²) < 4.78 is 5.11. The molecule has 2 aliphatic heterocycles. The molecule has 2 saturated heterocycles. The van der Waals surface area contributed by atoms with E-state index in [4.69, 9.17) is 4.74 Å². The molecular formula is C18H26N2O3S. The van der Waals surface area contributed by atoms with Crippen molar-refractivity contribution in [2.45, 2.75) is 25.0 Å². The molecule has 1 aromatic carbocycles. The lowest BCUT2D eigenvalue weighted by atomic mass is 10.0. The van der Waals surface area contributed by atoms with E-state index >= 15 is 0 Å². The second kappa shape index (κ2) is 8.23. The Bertz CT molecular complexity index is 538. The highest BCUT2D eigenvalue weighted by molar-refractivity contribution is 7.99. The van der Waals surface area contributed by atoms with Gasteiger partial charge >= 0.3 is 0 Å². The summed E-state index contributed by atoms with van der Waals surface area (Å²) in [4.78, 5) is 16.9. The summed E-state index contributed by atoms with van der Waals surface area (Å²) in [6, 6.07) is 7.63. The molecule has 0 aromatic heterocycles. The molecule has 0 spiro atoms. The van der Waals surface area contributed by atoms with E-state index in [-0.39, 0.29) is 5.91 Å². The molecule has 0 unspecified atom stereocenters. The number of aliphatic hydroxyl groups is 1. The predicted octanol–water partition coefficient (Wildman–Crippen LogP) is 1.77.